The van der Waals surface area contributed by atoms with Gasteiger partial charge >= 0.3 is 0 Å². The Bertz CT molecular complexity index is 434. The first-order chi connectivity index (χ1) is 9.22. The molecule has 0 spiro atoms. The average molecular weight is 264 g/mol. The van der Waals surface area contributed by atoms with Gasteiger partial charge in [-0.1, -0.05) is 12.8 Å². The van der Waals surface area contributed by atoms with E-state index in [-0.39, 0.29) is 11.9 Å². The summed E-state index contributed by atoms with van der Waals surface area (Å²) in [6, 6.07) is 4.87. The zero-order chi connectivity index (χ0) is 13.2. The summed E-state index contributed by atoms with van der Waals surface area (Å²) < 4.78 is 24.6. The van der Waals surface area contributed by atoms with Gasteiger partial charge in [0.2, 0.25) is 0 Å². The normalized spacial score (nSPS) is 29.5. The molecule has 19 heavy (non-hydrogen) atoms. The molecule has 2 aliphatic rings. The second-order valence-corrected chi connectivity index (χ2v) is 5.98. The second kappa shape index (κ2) is 5.49. The van der Waals surface area contributed by atoms with Crippen molar-refractivity contribution in [2.75, 3.05) is 7.11 Å². The minimum atomic E-state index is -0.247. The van der Waals surface area contributed by atoms with Crippen molar-refractivity contribution in [3.8, 4) is 5.75 Å². The number of hydrogen-bond donors (Lipinski definition) is 0. The molecule has 0 amide bonds. The quantitative estimate of drug-likeness (QED) is 0.820. The van der Waals surface area contributed by atoms with E-state index in [1.807, 2.05) is 6.07 Å². The van der Waals surface area contributed by atoms with Crippen LogP contribution in [0.25, 0.3) is 0 Å². The Morgan fingerprint density at radius 3 is 2.53 bits per heavy atom. The van der Waals surface area contributed by atoms with Gasteiger partial charge in [-0.3, -0.25) is 0 Å². The molecule has 0 aromatic heterocycles. The lowest BCUT2D eigenvalue weighted by atomic mass is 9.87. The van der Waals surface area contributed by atoms with Crippen LogP contribution in [0.1, 0.15) is 37.7 Å². The molecule has 0 heterocycles. The number of hydrogen-bond acceptors (Lipinski definition) is 2. The molecule has 104 valence electrons. The minimum Gasteiger partial charge on any atom is -0.490 e. The van der Waals surface area contributed by atoms with Gasteiger partial charge in [-0.05, 0) is 48.8 Å². The Hall–Kier alpha value is -1.09. The van der Waals surface area contributed by atoms with Gasteiger partial charge in [0.25, 0.3) is 0 Å². The molecule has 0 radical (unpaired) electrons. The number of rotatable bonds is 4. The van der Waals surface area contributed by atoms with Gasteiger partial charge in [0.1, 0.15) is 11.6 Å². The summed E-state index contributed by atoms with van der Waals surface area (Å²) in [5.41, 5.74) is 0.830. The van der Waals surface area contributed by atoms with Crippen LogP contribution in [0, 0.1) is 17.7 Å². The molecular weight excluding hydrogens is 243 g/mol. The van der Waals surface area contributed by atoms with E-state index in [0.717, 1.165) is 30.2 Å². The molecule has 2 fully saturated rings. The molecule has 3 rings (SSSR count). The van der Waals surface area contributed by atoms with Crippen LogP contribution in [0.3, 0.4) is 0 Å². The van der Waals surface area contributed by atoms with E-state index in [2.05, 4.69) is 0 Å². The Morgan fingerprint density at radius 1 is 1.11 bits per heavy atom. The maximum absolute atomic E-state index is 13.5. The largest absolute Gasteiger partial charge is 0.490 e. The molecule has 0 aliphatic heterocycles. The third-order valence-corrected chi connectivity index (χ3v) is 4.39. The predicted octanol–water partition coefficient (Wildman–Crippen LogP) is 3.93. The molecule has 1 aromatic carbocycles. The third-order valence-electron chi connectivity index (χ3n) is 4.39. The molecule has 2 nitrogen and oxygen atoms in total. The highest BCUT2D eigenvalue weighted by Gasteiger charge is 2.35. The van der Waals surface area contributed by atoms with Gasteiger partial charge < -0.3 is 9.47 Å². The van der Waals surface area contributed by atoms with Crippen molar-refractivity contribution in [3.63, 3.8) is 0 Å². The number of halogens is 1. The lowest BCUT2D eigenvalue weighted by Gasteiger charge is -2.28. The van der Waals surface area contributed by atoms with Crippen LogP contribution in [0.2, 0.25) is 0 Å². The van der Waals surface area contributed by atoms with E-state index in [4.69, 9.17) is 9.47 Å². The van der Waals surface area contributed by atoms with E-state index >= 15 is 0 Å². The molecule has 0 saturated heterocycles. The summed E-state index contributed by atoms with van der Waals surface area (Å²) in [4.78, 5) is 0. The van der Waals surface area contributed by atoms with Crippen molar-refractivity contribution in [3.05, 3.63) is 29.6 Å². The highest BCUT2D eigenvalue weighted by atomic mass is 19.1. The smallest absolute Gasteiger partial charge is 0.127 e. The zero-order valence-electron chi connectivity index (χ0n) is 11.4. The highest BCUT2D eigenvalue weighted by Crippen LogP contribution is 2.43. The summed E-state index contributed by atoms with van der Waals surface area (Å²) >= 11 is 0. The van der Waals surface area contributed by atoms with E-state index in [1.54, 1.807) is 7.11 Å². The topological polar surface area (TPSA) is 18.5 Å². The van der Waals surface area contributed by atoms with Gasteiger partial charge in [0.05, 0.1) is 12.7 Å². The van der Waals surface area contributed by atoms with Crippen molar-refractivity contribution in [1.29, 1.82) is 0 Å². The molecule has 2 aliphatic carbocycles. The third kappa shape index (κ3) is 3.08. The molecular formula is C16H21FO2. The Kier molecular flexibility index (Phi) is 3.74. The minimum absolute atomic E-state index is 0.247. The maximum Gasteiger partial charge on any atom is 0.127 e. The van der Waals surface area contributed by atoms with E-state index in [1.165, 1.54) is 31.4 Å². The van der Waals surface area contributed by atoms with Crippen molar-refractivity contribution >= 4 is 0 Å². The maximum atomic E-state index is 13.5. The Morgan fingerprint density at radius 2 is 1.84 bits per heavy atom. The van der Waals surface area contributed by atoms with Crippen LogP contribution >= 0.6 is 0 Å². The molecule has 3 atom stereocenters. The molecule has 2 bridgehead atoms. The molecule has 1 aromatic rings. The van der Waals surface area contributed by atoms with Gasteiger partial charge in [-0.15, -0.1) is 0 Å². The highest BCUT2D eigenvalue weighted by molar-refractivity contribution is 5.29. The zero-order valence-corrected chi connectivity index (χ0v) is 11.4. The lowest BCUT2D eigenvalue weighted by molar-refractivity contribution is 0.118. The predicted molar refractivity (Wildman–Crippen MR) is 71.6 cm³/mol. The Labute approximate surface area is 113 Å². The van der Waals surface area contributed by atoms with Gasteiger partial charge in [0, 0.05) is 13.2 Å². The molecule has 1 unspecified atom stereocenters. The lowest BCUT2D eigenvalue weighted by Crippen LogP contribution is -2.26. The van der Waals surface area contributed by atoms with Gasteiger partial charge in [0.15, 0.2) is 0 Å². The second-order valence-electron chi connectivity index (χ2n) is 5.98. The van der Waals surface area contributed by atoms with E-state index < -0.39 is 0 Å². The summed E-state index contributed by atoms with van der Waals surface area (Å²) in [7, 11) is 1.62. The van der Waals surface area contributed by atoms with Crippen LogP contribution < -0.4 is 4.74 Å². The van der Waals surface area contributed by atoms with Crippen LogP contribution in [0.15, 0.2) is 18.2 Å². The number of methoxy groups -OCH3 is 1. The Balaban J connectivity index is 1.68. The first kappa shape index (κ1) is 12.9. The molecule has 3 heteroatoms. The number of fused-ring (bicyclic) bond motifs is 2. The van der Waals surface area contributed by atoms with Gasteiger partial charge in [-0.2, -0.15) is 0 Å². The van der Waals surface area contributed by atoms with Crippen molar-refractivity contribution in [2.45, 2.75) is 44.8 Å². The summed E-state index contributed by atoms with van der Waals surface area (Å²) in [6.45, 7) is 0.421. The standard InChI is InChI=1S/C16H21FO2/c1-18-10-13-5-14(17)9-16(8-13)19-15-6-11-2-3-12(4-11)7-15/h5,8-9,11-12,15H,2-4,6-7,10H2,1H3/t11-,12+,15?. The fraction of sp³-hybridized carbons (Fsp3) is 0.625. The summed E-state index contributed by atoms with van der Waals surface area (Å²) in [5.74, 6) is 2.06. The fourth-order valence-electron chi connectivity index (χ4n) is 3.67. The monoisotopic (exact) mass is 264 g/mol. The van der Waals surface area contributed by atoms with Gasteiger partial charge in [-0.25, -0.2) is 4.39 Å². The fourth-order valence-corrected chi connectivity index (χ4v) is 3.67. The first-order valence-electron chi connectivity index (χ1n) is 7.18. The SMILES string of the molecule is COCc1cc(F)cc(OC2C[C@H]3CC[C@@H](C2)C3)c1. The van der Waals surface area contributed by atoms with E-state index in [0.29, 0.717) is 12.4 Å². The summed E-state index contributed by atoms with van der Waals surface area (Å²) in [6.07, 6.45) is 6.60. The van der Waals surface area contributed by atoms with Crippen LogP contribution in [-0.4, -0.2) is 13.2 Å². The number of ether oxygens (including phenoxy) is 2. The average Bonchev–Trinajstić information content (AvgIpc) is 2.68. The van der Waals surface area contributed by atoms with E-state index in [9.17, 15) is 4.39 Å². The van der Waals surface area contributed by atoms with Crippen LogP contribution in [-0.2, 0) is 11.3 Å². The van der Waals surface area contributed by atoms with Crippen molar-refractivity contribution in [2.24, 2.45) is 11.8 Å². The number of benzene rings is 1. The summed E-state index contributed by atoms with van der Waals surface area (Å²) in [5, 5.41) is 0. The van der Waals surface area contributed by atoms with Crippen LogP contribution in [0.5, 0.6) is 5.75 Å². The van der Waals surface area contributed by atoms with Crippen LogP contribution in [0.4, 0.5) is 4.39 Å². The molecule has 2 saturated carbocycles. The molecule has 0 N–H and O–H groups in total. The van der Waals surface area contributed by atoms with Crippen molar-refractivity contribution in [1.82, 2.24) is 0 Å². The first-order valence-corrected chi connectivity index (χ1v) is 7.18. The van der Waals surface area contributed by atoms with Crippen molar-refractivity contribution < 1.29 is 13.9 Å².